The lowest BCUT2D eigenvalue weighted by Gasteiger charge is -2.09. The molecule has 0 heterocycles. The lowest BCUT2D eigenvalue weighted by molar-refractivity contribution is -0.141. The van der Waals surface area contributed by atoms with Crippen LogP contribution in [0.15, 0.2) is 24.3 Å². The topological polar surface area (TPSA) is 92.7 Å². The SMILES string of the molecule is CCCOc1ccc(C(=O)CCC(=O)N[C@H](C)C(=O)O)cc1. The number of rotatable bonds is 9. The number of benzene rings is 1. The second kappa shape index (κ2) is 8.81. The zero-order valence-electron chi connectivity index (χ0n) is 12.8. The summed E-state index contributed by atoms with van der Waals surface area (Å²) in [4.78, 5) is 34.1. The molecule has 0 saturated carbocycles. The highest BCUT2D eigenvalue weighted by Crippen LogP contribution is 2.14. The van der Waals surface area contributed by atoms with Crippen molar-refractivity contribution >= 4 is 17.7 Å². The van der Waals surface area contributed by atoms with E-state index in [2.05, 4.69) is 5.32 Å². The standard InChI is InChI=1S/C16H21NO5/c1-3-10-22-13-6-4-12(5-7-13)14(18)8-9-15(19)17-11(2)16(20)21/h4-7,11H,3,8-10H2,1-2H3,(H,17,19)(H,20,21)/t11-/m1/s1. The summed E-state index contributed by atoms with van der Waals surface area (Å²) >= 11 is 0. The third kappa shape index (κ3) is 5.95. The average Bonchev–Trinajstić information content (AvgIpc) is 2.50. The van der Waals surface area contributed by atoms with Crippen LogP contribution in [-0.4, -0.2) is 35.4 Å². The van der Waals surface area contributed by atoms with Crippen LogP contribution in [0, 0.1) is 0 Å². The van der Waals surface area contributed by atoms with E-state index in [4.69, 9.17) is 9.84 Å². The Morgan fingerprint density at radius 2 is 1.82 bits per heavy atom. The molecule has 0 aliphatic rings. The van der Waals surface area contributed by atoms with E-state index >= 15 is 0 Å². The third-order valence-corrected chi connectivity index (χ3v) is 2.98. The Morgan fingerprint density at radius 1 is 1.18 bits per heavy atom. The molecule has 1 aromatic carbocycles. The van der Waals surface area contributed by atoms with Gasteiger partial charge in [-0.2, -0.15) is 0 Å². The van der Waals surface area contributed by atoms with Crippen LogP contribution >= 0.6 is 0 Å². The summed E-state index contributed by atoms with van der Waals surface area (Å²) in [5.74, 6) is -1.03. The number of hydrogen-bond acceptors (Lipinski definition) is 4. The number of ketones is 1. The molecule has 0 bridgehead atoms. The zero-order chi connectivity index (χ0) is 16.5. The van der Waals surface area contributed by atoms with E-state index in [0.717, 1.165) is 6.42 Å². The first-order valence-electron chi connectivity index (χ1n) is 7.22. The van der Waals surface area contributed by atoms with Crippen molar-refractivity contribution in [2.75, 3.05) is 6.61 Å². The number of ether oxygens (including phenoxy) is 1. The Morgan fingerprint density at radius 3 is 2.36 bits per heavy atom. The van der Waals surface area contributed by atoms with Crippen molar-refractivity contribution in [1.82, 2.24) is 5.32 Å². The van der Waals surface area contributed by atoms with Crippen LogP contribution in [0.3, 0.4) is 0 Å². The number of nitrogens with one attached hydrogen (secondary N) is 1. The van der Waals surface area contributed by atoms with Gasteiger partial charge in [-0.15, -0.1) is 0 Å². The van der Waals surface area contributed by atoms with Crippen LogP contribution in [0.1, 0.15) is 43.5 Å². The Balaban J connectivity index is 2.45. The first-order chi connectivity index (χ1) is 10.4. The summed E-state index contributed by atoms with van der Waals surface area (Å²) in [5.41, 5.74) is 0.503. The second-order valence-electron chi connectivity index (χ2n) is 4.92. The quantitative estimate of drug-likeness (QED) is 0.681. The van der Waals surface area contributed by atoms with Gasteiger partial charge in [-0.3, -0.25) is 14.4 Å². The molecular formula is C16H21NO5. The molecule has 6 nitrogen and oxygen atoms in total. The lowest BCUT2D eigenvalue weighted by atomic mass is 10.1. The molecule has 6 heteroatoms. The molecule has 0 aromatic heterocycles. The van der Waals surface area contributed by atoms with Crippen molar-refractivity contribution in [1.29, 1.82) is 0 Å². The first kappa shape index (κ1) is 17.7. The smallest absolute Gasteiger partial charge is 0.325 e. The van der Waals surface area contributed by atoms with E-state index in [9.17, 15) is 14.4 Å². The van der Waals surface area contributed by atoms with E-state index < -0.39 is 17.9 Å². The molecule has 1 rings (SSSR count). The van der Waals surface area contributed by atoms with Gasteiger partial charge in [-0.1, -0.05) is 6.92 Å². The van der Waals surface area contributed by atoms with Crippen LogP contribution in [0.4, 0.5) is 0 Å². The number of carbonyl (C=O) groups is 3. The van der Waals surface area contributed by atoms with Gasteiger partial charge in [-0.25, -0.2) is 0 Å². The largest absolute Gasteiger partial charge is 0.494 e. The molecule has 0 aliphatic carbocycles. The monoisotopic (exact) mass is 307 g/mol. The van der Waals surface area contributed by atoms with E-state index in [-0.39, 0.29) is 18.6 Å². The van der Waals surface area contributed by atoms with Gasteiger partial charge < -0.3 is 15.2 Å². The van der Waals surface area contributed by atoms with Crippen molar-refractivity contribution in [3.8, 4) is 5.75 Å². The summed E-state index contributed by atoms with van der Waals surface area (Å²) in [6.07, 6.45) is 0.905. The summed E-state index contributed by atoms with van der Waals surface area (Å²) in [6.45, 7) is 4.00. The fourth-order valence-electron chi connectivity index (χ4n) is 1.70. The van der Waals surface area contributed by atoms with Crippen molar-refractivity contribution in [2.45, 2.75) is 39.2 Å². The van der Waals surface area contributed by atoms with Gasteiger partial charge in [0.1, 0.15) is 11.8 Å². The molecule has 0 saturated heterocycles. The van der Waals surface area contributed by atoms with E-state index in [1.165, 1.54) is 6.92 Å². The fourth-order valence-corrected chi connectivity index (χ4v) is 1.70. The van der Waals surface area contributed by atoms with Gasteiger partial charge in [0.05, 0.1) is 6.61 Å². The van der Waals surface area contributed by atoms with Crippen LogP contribution in [0.25, 0.3) is 0 Å². The normalized spacial score (nSPS) is 11.5. The Bertz CT molecular complexity index is 524. The number of carboxylic acid groups (broad SMARTS) is 1. The van der Waals surface area contributed by atoms with Crippen LogP contribution in [-0.2, 0) is 9.59 Å². The van der Waals surface area contributed by atoms with Crippen LogP contribution < -0.4 is 10.1 Å². The Hall–Kier alpha value is -2.37. The van der Waals surface area contributed by atoms with Crippen molar-refractivity contribution in [2.24, 2.45) is 0 Å². The number of carbonyl (C=O) groups excluding carboxylic acids is 2. The molecule has 1 atom stereocenters. The second-order valence-corrected chi connectivity index (χ2v) is 4.92. The van der Waals surface area contributed by atoms with Crippen molar-refractivity contribution in [3.63, 3.8) is 0 Å². The maximum absolute atomic E-state index is 12.0. The highest BCUT2D eigenvalue weighted by Gasteiger charge is 2.15. The highest BCUT2D eigenvalue weighted by atomic mass is 16.5. The lowest BCUT2D eigenvalue weighted by Crippen LogP contribution is -2.38. The highest BCUT2D eigenvalue weighted by molar-refractivity contribution is 5.98. The predicted molar refractivity (Wildman–Crippen MR) is 81.0 cm³/mol. The molecule has 0 spiro atoms. The fraction of sp³-hybridized carbons (Fsp3) is 0.438. The van der Waals surface area contributed by atoms with Gasteiger partial charge >= 0.3 is 5.97 Å². The molecule has 0 aliphatic heterocycles. The number of hydrogen-bond donors (Lipinski definition) is 2. The summed E-state index contributed by atoms with van der Waals surface area (Å²) in [6, 6.07) is 5.79. The van der Waals surface area contributed by atoms with Gasteiger partial charge in [0.2, 0.25) is 5.91 Å². The van der Waals surface area contributed by atoms with Crippen molar-refractivity contribution < 1.29 is 24.2 Å². The molecule has 120 valence electrons. The zero-order valence-corrected chi connectivity index (χ0v) is 12.8. The minimum Gasteiger partial charge on any atom is -0.494 e. The van der Waals surface area contributed by atoms with E-state index in [1.807, 2.05) is 6.92 Å². The molecule has 1 aromatic rings. The predicted octanol–water partition coefficient (Wildman–Crippen LogP) is 2.03. The van der Waals surface area contributed by atoms with Crippen molar-refractivity contribution in [3.05, 3.63) is 29.8 Å². The summed E-state index contributed by atoms with van der Waals surface area (Å²) in [7, 11) is 0. The maximum atomic E-state index is 12.0. The Labute approximate surface area is 129 Å². The average molecular weight is 307 g/mol. The molecule has 0 radical (unpaired) electrons. The van der Waals surface area contributed by atoms with Gasteiger partial charge in [0.15, 0.2) is 5.78 Å². The molecule has 2 N–H and O–H groups in total. The van der Waals surface area contributed by atoms with Gasteiger partial charge in [0.25, 0.3) is 0 Å². The number of carboxylic acids is 1. The number of aliphatic carboxylic acids is 1. The van der Waals surface area contributed by atoms with Crippen LogP contribution in [0.2, 0.25) is 0 Å². The molecule has 0 unspecified atom stereocenters. The minimum absolute atomic E-state index is 0.0351. The number of Topliss-reactive ketones (excluding diaryl/α,β-unsaturated/α-hetero) is 1. The number of amides is 1. The van der Waals surface area contributed by atoms with E-state index in [1.54, 1.807) is 24.3 Å². The molecule has 1 amide bonds. The summed E-state index contributed by atoms with van der Waals surface area (Å²) in [5, 5.41) is 11.0. The third-order valence-electron chi connectivity index (χ3n) is 2.98. The molecule has 22 heavy (non-hydrogen) atoms. The minimum atomic E-state index is -1.11. The Kier molecular flexibility index (Phi) is 7.08. The summed E-state index contributed by atoms with van der Waals surface area (Å²) < 4.78 is 5.42. The van der Waals surface area contributed by atoms with E-state index in [0.29, 0.717) is 17.9 Å². The maximum Gasteiger partial charge on any atom is 0.325 e. The molecule has 0 fully saturated rings. The first-order valence-corrected chi connectivity index (χ1v) is 7.22. The van der Waals surface area contributed by atoms with Crippen LogP contribution in [0.5, 0.6) is 5.75 Å². The molecular weight excluding hydrogens is 286 g/mol. The van der Waals surface area contributed by atoms with Gasteiger partial charge in [-0.05, 0) is 37.6 Å². The van der Waals surface area contributed by atoms with Gasteiger partial charge in [0, 0.05) is 18.4 Å².